The smallest absolute Gasteiger partial charge is 0.416 e. The predicted molar refractivity (Wildman–Crippen MR) is 132 cm³/mol. The Morgan fingerprint density at radius 1 is 1.13 bits per heavy atom. The molecule has 11 heteroatoms. The summed E-state index contributed by atoms with van der Waals surface area (Å²) in [6, 6.07) is 8.04. The Kier molecular flexibility index (Phi) is 6.83. The second kappa shape index (κ2) is 9.95. The summed E-state index contributed by atoms with van der Waals surface area (Å²) in [6.45, 7) is -0.523. The molecule has 1 spiro atoms. The fourth-order valence-electron chi connectivity index (χ4n) is 5.11. The van der Waals surface area contributed by atoms with Crippen molar-refractivity contribution in [3.05, 3.63) is 53.6 Å². The van der Waals surface area contributed by atoms with E-state index in [4.69, 9.17) is 9.47 Å². The third kappa shape index (κ3) is 4.95. The lowest BCUT2D eigenvalue weighted by atomic mass is 9.72. The molecule has 0 aromatic heterocycles. The maximum absolute atomic E-state index is 13.3. The fraction of sp³-hybridized carbons (Fsp3) is 0.407. The molecule has 2 aromatic rings. The highest BCUT2D eigenvalue weighted by Gasteiger charge is 2.44. The largest absolute Gasteiger partial charge is 0.486 e. The number of anilines is 2. The zero-order chi connectivity index (χ0) is 27.1. The normalized spacial score (nSPS) is 20.8. The zero-order valence-electron chi connectivity index (χ0n) is 20.4. The predicted octanol–water partition coefficient (Wildman–Crippen LogP) is 3.90. The molecule has 1 saturated carbocycles. The highest BCUT2D eigenvalue weighted by atomic mass is 19.4. The van der Waals surface area contributed by atoms with Crippen LogP contribution in [0, 0.1) is 0 Å². The summed E-state index contributed by atoms with van der Waals surface area (Å²) in [7, 11) is 0. The van der Waals surface area contributed by atoms with E-state index < -0.39 is 35.3 Å². The average molecular weight is 533 g/mol. The first-order valence-electron chi connectivity index (χ1n) is 12.4. The summed E-state index contributed by atoms with van der Waals surface area (Å²) in [4.78, 5) is 27.1. The van der Waals surface area contributed by atoms with E-state index in [1.54, 1.807) is 18.2 Å². The summed E-state index contributed by atoms with van der Waals surface area (Å²) < 4.78 is 51.5. The van der Waals surface area contributed by atoms with Gasteiger partial charge in [-0.05, 0) is 55.2 Å². The minimum Gasteiger partial charge on any atom is -0.486 e. The van der Waals surface area contributed by atoms with Gasteiger partial charge in [-0.15, -0.1) is 0 Å². The number of nitrogens with one attached hydrogen (secondary N) is 1. The van der Waals surface area contributed by atoms with Crippen LogP contribution in [0.25, 0.3) is 5.57 Å². The van der Waals surface area contributed by atoms with E-state index in [1.165, 1.54) is 17.0 Å². The molecular formula is C27H27F3N2O6. The van der Waals surface area contributed by atoms with Crippen LogP contribution < -0.4 is 19.7 Å². The van der Waals surface area contributed by atoms with Crippen molar-refractivity contribution in [1.82, 2.24) is 0 Å². The second-order valence-electron chi connectivity index (χ2n) is 9.70. The highest BCUT2D eigenvalue weighted by molar-refractivity contribution is 6.06. The fourth-order valence-corrected chi connectivity index (χ4v) is 5.11. The van der Waals surface area contributed by atoms with Crippen molar-refractivity contribution in [3.8, 4) is 11.5 Å². The van der Waals surface area contributed by atoms with E-state index in [0.29, 0.717) is 47.5 Å². The minimum absolute atomic E-state index is 0.0113. The van der Waals surface area contributed by atoms with Crippen LogP contribution in [0.1, 0.15) is 43.2 Å². The standard InChI is InChI=1S/C27H27F3N2O6/c28-27(29,30)17-2-4-19-16(15-26(7-1-8-26)38-23(19)13-17)12-24(35)31-18-3-5-21-20(14-18)32(9-11-34)25(36)22(37-21)6-10-33/h2-5,12-14,22,33-34H,1,6-11,15H2,(H,31,35). The molecule has 1 aliphatic carbocycles. The number of hydrogen-bond acceptors (Lipinski definition) is 6. The Morgan fingerprint density at radius 3 is 2.58 bits per heavy atom. The van der Waals surface area contributed by atoms with Crippen LogP contribution in [0.4, 0.5) is 24.5 Å². The maximum atomic E-state index is 13.3. The summed E-state index contributed by atoms with van der Waals surface area (Å²) in [5.41, 5.74) is 0.345. The van der Waals surface area contributed by atoms with E-state index in [0.717, 1.165) is 18.6 Å². The van der Waals surface area contributed by atoms with Crippen LogP contribution in [0.15, 0.2) is 42.5 Å². The monoisotopic (exact) mass is 532 g/mol. The Hall–Kier alpha value is -3.57. The molecule has 0 radical (unpaired) electrons. The summed E-state index contributed by atoms with van der Waals surface area (Å²) in [5, 5.41) is 21.4. The molecule has 1 fully saturated rings. The molecule has 8 nitrogen and oxygen atoms in total. The van der Waals surface area contributed by atoms with Crippen molar-refractivity contribution in [1.29, 1.82) is 0 Å². The number of ether oxygens (including phenoxy) is 2. The van der Waals surface area contributed by atoms with Gasteiger partial charge in [-0.25, -0.2) is 0 Å². The highest BCUT2D eigenvalue weighted by Crippen LogP contribution is 2.50. The van der Waals surface area contributed by atoms with Gasteiger partial charge in [-0.1, -0.05) is 6.07 Å². The Bertz CT molecular complexity index is 1290. The molecule has 3 aliphatic rings. The van der Waals surface area contributed by atoms with Crippen molar-refractivity contribution >= 4 is 28.8 Å². The first-order valence-corrected chi connectivity index (χ1v) is 12.4. The number of hydrogen-bond donors (Lipinski definition) is 3. The number of halogens is 3. The number of aliphatic hydroxyl groups is 2. The van der Waals surface area contributed by atoms with Gasteiger partial charge in [0.05, 0.1) is 17.9 Å². The lowest BCUT2D eigenvalue weighted by Crippen LogP contribution is -2.47. The van der Waals surface area contributed by atoms with Crippen molar-refractivity contribution in [2.75, 3.05) is 30.0 Å². The molecule has 0 bridgehead atoms. The van der Waals surface area contributed by atoms with Gasteiger partial charge in [0.25, 0.3) is 5.91 Å². The van der Waals surface area contributed by atoms with Crippen LogP contribution in [0.3, 0.4) is 0 Å². The molecule has 38 heavy (non-hydrogen) atoms. The van der Waals surface area contributed by atoms with E-state index in [1.807, 2.05) is 0 Å². The lowest BCUT2D eigenvalue weighted by molar-refractivity contribution is -0.138. The number of aliphatic hydroxyl groups excluding tert-OH is 2. The number of amides is 2. The Balaban J connectivity index is 1.41. The molecule has 5 rings (SSSR count). The van der Waals surface area contributed by atoms with E-state index in [9.17, 15) is 33.0 Å². The quantitative estimate of drug-likeness (QED) is 0.487. The van der Waals surface area contributed by atoms with Crippen molar-refractivity contribution in [3.63, 3.8) is 0 Å². The third-order valence-electron chi connectivity index (χ3n) is 7.11. The molecule has 3 N–H and O–H groups in total. The SMILES string of the molecule is O=C(C=C1CC2(CCC2)Oc2cc(C(F)(F)F)ccc21)Nc1ccc2c(c1)N(CCO)C(=O)C(CCO)O2. The molecule has 1 atom stereocenters. The van der Waals surface area contributed by atoms with Gasteiger partial charge in [-0.3, -0.25) is 9.59 Å². The average Bonchev–Trinajstić information content (AvgIpc) is 2.85. The summed E-state index contributed by atoms with van der Waals surface area (Å²) >= 11 is 0. The molecular weight excluding hydrogens is 505 g/mol. The molecule has 1 unspecified atom stereocenters. The Morgan fingerprint density at radius 2 is 1.92 bits per heavy atom. The third-order valence-corrected chi connectivity index (χ3v) is 7.11. The number of carbonyl (C=O) groups excluding carboxylic acids is 2. The van der Waals surface area contributed by atoms with Gasteiger partial charge >= 0.3 is 6.18 Å². The molecule has 0 saturated heterocycles. The van der Waals surface area contributed by atoms with Gasteiger partial charge in [0.2, 0.25) is 5.91 Å². The van der Waals surface area contributed by atoms with E-state index in [2.05, 4.69) is 5.32 Å². The van der Waals surface area contributed by atoms with Gasteiger partial charge in [-0.2, -0.15) is 13.2 Å². The van der Waals surface area contributed by atoms with E-state index >= 15 is 0 Å². The van der Waals surface area contributed by atoms with Crippen LogP contribution in [0.5, 0.6) is 11.5 Å². The van der Waals surface area contributed by atoms with Crippen molar-refractivity contribution in [2.24, 2.45) is 0 Å². The number of fused-ring (bicyclic) bond motifs is 2. The van der Waals surface area contributed by atoms with Gasteiger partial charge < -0.3 is 29.9 Å². The summed E-state index contributed by atoms with van der Waals surface area (Å²) in [6.07, 6.45) is -1.23. The molecule has 2 amide bonds. The van der Waals surface area contributed by atoms with Crippen LogP contribution in [-0.2, 0) is 15.8 Å². The number of rotatable bonds is 6. The van der Waals surface area contributed by atoms with Gasteiger partial charge in [0.1, 0.15) is 17.1 Å². The minimum atomic E-state index is -4.51. The summed E-state index contributed by atoms with van der Waals surface area (Å²) in [5.74, 6) is -0.406. The van der Waals surface area contributed by atoms with Crippen LogP contribution >= 0.6 is 0 Å². The number of β-amino-alcohol motifs (C(OH)–C–C–N with tert-alkyl or cyclic N) is 1. The number of benzene rings is 2. The molecule has 202 valence electrons. The number of alkyl halides is 3. The Labute approximate surface area is 216 Å². The number of nitrogens with zero attached hydrogens (tertiary/aromatic N) is 1. The second-order valence-corrected chi connectivity index (χ2v) is 9.70. The molecule has 2 aliphatic heterocycles. The maximum Gasteiger partial charge on any atom is 0.416 e. The van der Waals surface area contributed by atoms with Crippen molar-refractivity contribution < 1.29 is 42.4 Å². The van der Waals surface area contributed by atoms with E-state index in [-0.39, 0.29) is 31.9 Å². The van der Waals surface area contributed by atoms with Gasteiger partial charge in [0, 0.05) is 43.3 Å². The zero-order valence-corrected chi connectivity index (χ0v) is 20.4. The first-order chi connectivity index (χ1) is 18.1. The molecule has 2 aromatic carbocycles. The topological polar surface area (TPSA) is 108 Å². The first kappa shape index (κ1) is 26.1. The lowest BCUT2D eigenvalue weighted by Gasteiger charge is -2.46. The van der Waals surface area contributed by atoms with Crippen LogP contribution in [-0.4, -0.2) is 53.5 Å². The van der Waals surface area contributed by atoms with Crippen LogP contribution in [0.2, 0.25) is 0 Å². The van der Waals surface area contributed by atoms with Crippen molar-refractivity contribution in [2.45, 2.75) is 50.0 Å². The number of carbonyl (C=O) groups is 2. The van der Waals surface area contributed by atoms with Gasteiger partial charge in [0.15, 0.2) is 6.10 Å². The molecule has 2 heterocycles.